The number of halogens is 1. The van der Waals surface area contributed by atoms with Gasteiger partial charge < -0.3 is 4.90 Å². The lowest BCUT2D eigenvalue weighted by Crippen LogP contribution is -2.48. The molecule has 8 heteroatoms. The predicted molar refractivity (Wildman–Crippen MR) is 98.2 cm³/mol. The van der Waals surface area contributed by atoms with Crippen molar-refractivity contribution in [2.45, 2.75) is 13.5 Å². The Kier molecular flexibility index (Phi) is 4.57. The predicted octanol–water partition coefficient (Wildman–Crippen LogP) is 2.04. The number of amides is 1. The summed E-state index contributed by atoms with van der Waals surface area (Å²) < 4.78 is 1.60. The highest BCUT2D eigenvalue weighted by molar-refractivity contribution is 6.30. The molecule has 1 fully saturated rings. The monoisotopic (exact) mass is 370 g/mol. The van der Waals surface area contributed by atoms with Gasteiger partial charge in [0.2, 0.25) is 5.82 Å². The highest BCUT2D eigenvalue weighted by atomic mass is 35.5. The molecule has 1 aromatic carbocycles. The zero-order valence-corrected chi connectivity index (χ0v) is 15.2. The smallest absolute Gasteiger partial charge is 0.293 e. The molecule has 0 aliphatic carbocycles. The van der Waals surface area contributed by atoms with Crippen molar-refractivity contribution in [3.05, 3.63) is 58.6 Å². The van der Waals surface area contributed by atoms with Crippen molar-refractivity contribution in [3.63, 3.8) is 0 Å². The van der Waals surface area contributed by atoms with Crippen molar-refractivity contribution in [3.8, 4) is 0 Å². The highest BCUT2D eigenvalue weighted by Gasteiger charge is 2.25. The fourth-order valence-corrected chi connectivity index (χ4v) is 3.35. The summed E-state index contributed by atoms with van der Waals surface area (Å²) in [6.45, 7) is 5.67. The number of aryl methyl sites for hydroxylation is 1. The Hall–Kier alpha value is -2.51. The molecular weight excluding hydrogens is 352 g/mol. The van der Waals surface area contributed by atoms with Gasteiger partial charge in [0.1, 0.15) is 0 Å². The number of hydrogen-bond donors (Lipinski definition) is 0. The van der Waals surface area contributed by atoms with Gasteiger partial charge in [-0.1, -0.05) is 23.7 Å². The van der Waals surface area contributed by atoms with Gasteiger partial charge in [0.25, 0.3) is 11.7 Å². The van der Waals surface area contributed by atoms with Crippen LogP contribution in [-0.2, 0) is 6.54 Å². The van der Waals surface area contributed by atoms with Crippen LogP contribution >= 0.6 is 11.6 Å². The van der Waals surface area contributed by atoms with E-state index in [9.17, 15) is 4.79 Å². The summed E-state index contributed by atoms with van der Waals surface area (Å²) in [7, 11) is 0. The SMILES string of the molecule is Cc1ccnc2nc(C(=O)N3CCN(Cc4cccc(Cl)c4)CC3)nn12. The number of benzene rings is 1. The Morgan fingerprint density at radius 1 is 1.19 bits per heavy atom. The summed E-state index contributed by atoms with van der Waals surface area (Å²) >= 11 is 6.05. The van der Waals surface area contributed by atoms with E-state index >= 15 is 0 Å². The molecule has 0 N–H and O–H groups in total. The third kappa shape index (κ3) is 3.40. The van der Waals surface area contributed by atoms with Crippen LogP contribution in [-0.4, -0.2) is 61.5 Å². The van der Waals surface area contributed by atoms with Gasteiger partial charge in [-0.05, 0) is 30.7 Å². The van der Waals surface area contributed by atoms with Crippen molar-refractivity contribution in [2.75, 3.05) is 26.2 Å². The highest BCUT2D eigenvalue weighted by Crippen LogP contribution is 2.15. The van der Waals surface area contributed by atoms with Crippen LogP contribution in [0.2, 0.25) is 5.02 Å². The summed E-state index contributed by atoms with van der Waals surface area (Å²) in [5.41, 5.74) is 2.08. The van der Waals surface area contributed by atoms with E-state index in [-0.39, 0.29) is 11.7 Å². The first-order chi connectivity index (χ1) is 12.6. The fourth-order valence-electron chi connectivity index (χ4n) is 3.14. The number of rotatable bonds is 3. The number of carbonyl (C=O) groups excluding carboxylic acids is 1. The molecule has 0 atom stereocenters. The number of carbonyl (C=O) groups is 1. The maximum absolute atomic E-state index is 12.7. The molecular formula is C18H19ClN6O. The maximum atomic E-state index is 12.7. The number of aromatic nitrogens is 4. The zero-order valence-electron chi connectivity index (χ0n) is 14.5. The minimum absolute atomic E-state index is 0.141. The van der Waals surface area contributed by atoms with Crippen molar-refractivity contribution in [1.29, 1.82) is 0 Å². The Balaban J connectivity index is 1.40. The van der Waals surface area contributed by atoms with Crippen LogP contribution in [0.25, 0.3) is 5.78 Å². The summed E-state index contributed by atoms with van der Waals surface area (Å²) in [4.78, 5) is 25.3. The Morgan fingerprint density at radius 2 is 2.00 bits per heavy atom. The summed E-state index contributed by atoms with van der Waals surface area (Å²) in [5.74, 6) is 0.514. The summed E-state index contributed by atoms with van der Waals surface area (Å²) in [6.07, 6.45) is 1.67. The Bertz CT molecular complexity index is 948. The molecule has 134 valence electrons. The molecule has 0 bridgehead atoms. The second kappa shape index (κ2) is 7.01. The van der Waals surface area contributed by atoms with Gasteiger partial charge in [-0.25, -0.2) is 9.50 Å². The molecule has 1 saturated heterocycles. The summed E-state index contributed by atoms with van der Waals surface area (Å²) in [6, 6.07) is 9.72. The van der Waals surface area contributed by atoms with Gasteiger partial charge in [0, 0.05) is 49.6 Å². The zero-order chi connectivity index (χ0) is 18.1. The average molecular weight is 371 g/mol. The first kappa shape index (κ1) is 16.9. The molecule has 0 spiro atoms. The Labute approximate surface area is 156 Å². The molecule has 0 radical (unpaired) electrons. The van der Waals surface area contributed by atoms with Crippen LogP contribution in [0.4, 0.5) is 0 Å². The molecule has 0 unspecified atom stereocenters. The lowest BCUT2D eigenvalue weighted by Gasteiger charge is -2.34. The van der Waals surface area contributed by atoms with E-state index < -0.39 is 0 Å². The van der Waals surface area contributed by atoms with Crippen LogP contribution in [0.15, 0.2) is 36.5 Å². The van der Waals surface area contributed by atoms with E-state index in [1.807, 2.05) is 31.2 Å². The van der Waals surface area contributed by atoms with E-state index in [2.05, 4.69) is 26.0 Å². The second-order valence-corrected chi connectivity index (χ2v) is 6.87. The molecule has 7 nitrogen and oxygen atoms in total. The van der Waals surface area contributed by atoms with Crippen molar-refractivity contribution in [2.24, 2.45) is 0 Å². The maximum Gasteiger partial charge on any atom is 0.293 e. The van der Waals surface area contributed by atoms with Crippen LogP contribution in [0.3, 0.4) is 0 Å². The van der Waals surface area contributed by atoms with E-state index in [1.54, 1.807) is 15.6 Å². The topological polar surface area (TPSA) is 66.6 Å². The average Bonchev–Trinajstić information content (AvgIpc) is 3.08. The fraction of sp³-hybridized carbons (Fsp3) is 0.333. The molecule has 3 aromatic rings. The quantitative estimate of drug-likeness (QED) is 0.706. The van der Waals surface area contributed by atoms with E-state index in [0.717, 1.165) is 30.4 Å². The second-order valence-electron chi connectivity index (χ2n) is 6.43. The largest absolute Gasteiger partial charge is 0.333 e. The first-order valence-corrected chi connectivity index (χ1v) is 8.92. The normalized spacial score (nSPS) is 15.5. The van der Waals surface area contributed by atoms with Gasteiger partial charge in [-0.3, -0.25) is 9.69 Å². The third-order valence-corrected chi connectivity index (χ3v) is 4.81. The molecule has 1 aliphatic heterocycles. The van der Waals surface area contributed by atoms with Crippen molar-refractivity contribution >= 4 is 23.3 Å². The van der Waals surface area contributed by atoms with E-state index in [1.165, 1.54) is 5.56 Å². The van der Waals surface area contributed by atoms with Crippen LogP contribution in [0, 0.1) is 6.92 Å². The van der Waals surface area contributed by atoms with Crippen LogP contribution in [0.5, 0.6) is 0 Å². The number of fused-ring (bicyclic) bond motifs is 1. The standard InChI is InChI=1S/C18H19ClN6O/c1-13-5-6-20-18-21-16(22-25(13)18)17(26)24-9-7-23(8-10-24)12-14-3-2-4-15(19)11-14/h2-6,11H,7-10,12H2,1H3. The molecule has 0 saturated carbocycles. The number of nitrogens with zero attached hydrogens (tertiary/aromatic N) is 6. The lowest BCUT2D eigenvalue weighted by atomic mass is 10.2. The van der Waals surface area contributed by atoms with Gasteiger partial charge >= 0.3 is 0 Å². The molecule has 3 heterocycles. The van der Waals surface area contributed by atoms with E-state index in [0.29, 0.717) is 18.9 Å². The molecule has 4 rings (SSSR count). The van der Waals surface area contributed by atoms with Gasteiger partial charge in [-0.15, -0.1) is 5.10 Å². The van der Waals surface area contributed by atoms with Gasteiger partial charge in [0.15, 0.2) is 0 Å². The van der Waals surface area contributed by atoms with Crippen LogP contribution < -0.4 is 0 Å². The minimum atomic E-state index is -0.141. The van der Waals surface area contributed by atoms with E-state index in [4.69, 9.17) is 11.6 Å². The number of piperazine rings is 1. The molecule has 1 amide bonds. The Morgan fingerprint density at radius 3 is 2.73 bits per heavy atom. The van der Waals surface area contributed by atoms with Gasteiger partial charge in [0.05, 0.1) is 0 Å². The first-order valence-electron chi connectivity index (χ1n) is 8.54. The third-order valence-electron chi connectivity index (χ3n) is 4.58. The molecule has 1 aliphatic rings. The molecule has 2 aromatic heterocycles. The molecule has 26 heavy (non-hydrogen) atoms. The van der Waals surface area contributed by atoms with Crippen molar-refractivity contribution < 1.29 is 4.79 Å². The lowest BCUT2D eigenvalue weighted by molar-refractivity contribution is 0.0617. The summed E-state index contributed by atoms with van der Waals surface area (Å²) in [5, 5.41) is 5.06. The minimum Gasteiger partial charge on any atom is -0.333 e. The van der Waals surface area contributed by atoms with Crippen LogP contribution in [0.1, 0.15) is 21.9 Å². The number of hydrogen-bond acceptors (Lipinski definition) is 5. The van der Waals surface area contributed by atoms with Gasteiger partial charge in [-0.2, -0.15) is 4.98 Å². The van der Waals surface area contributed by atoms with Crippen molar-refractivity contribution in [1.82, 2.24) is 29.4 Å².